The highest BCUT2D eigenvalue weighted by molar-refractivity contribution is 7.91. The number of Topliss-reactive ketones (excluding diaryl/α,β-unsaturated/α-hetero) is 2. The lowest BCUT2D eigenvalue weighted by Crippen LogP contribution is -2.29. The van der Waals surface area contributed by atoms with Gasteiger partial charge in [0, 0.05) is 96.0 Å². The summed E-state index contributed by atoms with van der Waals surface area (Å²) >= 11 is 0. The Hall–Kier alpha value is -6.83. The van der Waals surface area contributed by atoms with Gasteiger partial charge in [-0.05, 0) is 115 Å². The summed E-state index contributed by atoms with van der Waals surface area (Å²) in [6, 6.07) is 35.8. The van der Waals surface area contributed by atoms with E-state index in [-0.39, 0.29) is 77.6 Å². The van der Waals surface area contributed by atoms with E-state index in [1.54, 1.807) is 48.5 Å². The average molecular weight is 1150 g/mol. The second-order valence-electron chi connectivity index (χ2n) is 20.0. The SMILES string of the molecule is CCN(CC)c1ccc2c(-c3ccc(S(=O)(=O)CCCNC(=O)CCOCCCC(=O)c4ccc(C(=O)C(CCc5ccc(C)cc5)CS(=O)(=O)c5ccc(C)cc5)cc4)cc3S(=O)(=O)O)c3ccc(=[N+](CC)CC)cc-3oc2c1. The number of ketones is 2. The number of hydrogen-bond donors (Lipinski definition) is 2. The van der Waals surface area contributed by atoms with Gasteiger partial charge in [-0.25, -0.2) is 21.4 Å². The summed E-state index contributed by atoms with van der Waals surface area (Å²) in [5.74, 6) is -1.98. The smallest absolute Gasteiger partial charge is 0.295 e. The van der Waals surface area contributed by atoms with Crippen molar-refractivity contribution in [2.45, 2.75) is 94.8 Å². The first-order valence-electron chi connectivity index (χ1n) is 27.2. The third kappa shape index (κ3) is 15.3. The number of rotatable bonds is 28. The Morgan fingerprint density at radius 2 is 1.31 bits per heavy atom. The van der Waals surface area contributed by atoms with Crippen LogP contribution in [0.15, 0.2) is 146 Å². The monoisotopic (exact) mass is 1150 g/mol. The van der Waals surface area contributed by atoms with E-state index < -0.39 is 46.4 Å². The van der Waals surface area contributed by atoms with Crippen LogP contribution in [-0.2, 0) is 45.7 Å². The number of nitrogens with one attached hydrogen (secondary N) is 1. The molecule has 5 aromatic rings. The van der Waals surface area contributed by atoms with Crippen LogP contribution in [0.2, 0.25) is 0 Å². The molecule has 7 rings (SSSR count). The van der Waals surface area contributed by atoms with Crippen molar-refractivity contribution in [2.24, 2.45) is 5.92 Å². The van der Waals surface area contributed by atoms with E-state index in [0.29, 0.717) is 58.2 Å². The number of fused-ring (bicyclic) bond motifs is 2. The minimum Gasteiger partial charge on any atom is -0.456 e. The van der Waals surface area contributed by atoms with Crippen molar-refractivity contribution in [1.82, 2.24) is 9.89 Å². The molecule has 80 heavy (non-hydrogen) atoms. The molecule has 424 valence electrons. The summed E-state index contributed by atoms with van der Waals surface area (Å²) in [5.41, 5.74) is 6.23. The summed E-state index contributed by atoms with van der Waals surface area (Å²) in [4.78, 5) is 41.1. The molecule has 0 aromatic heterocycles. The van der Waals surface area contributed by atoms with Gasteiger partial charge in [0.05, 0.1) is 34.0 Å². The molecule has 2 N–H and O–H groups in total. The summed E-state index contributed by atoms with van der Waals surface area (Å²) in [6.45, 7) is 15.3. The molecule has 0 radical (unpaired) electrons. The molecule has 1 amide bonds. The summed E-state index contributed by atoms with van der Waals surface area (Å²) in [5, 5.41) is 4.16. The van der Waals surface area contributed by atoms with Crippen molar-refractivity contribution >= 4 is 63.9 Å². The van der Waals surface area contributed by atoms with E-state index in [2.05, 4.69) is 14.8 Å². The zero-order chi connectivity index (χ0) is 57.8. The van der Waals surface area contributed by atoms with Gasteiger partial charge in [-0.2, -0.15) is 8.42 Å². The topological polar surface area (TPSA) is 215 Å². The highest BCUT2D eigenvalue weighted by Gasteiger charge is 2.30. The Bertz CT molecular complexity index is 3720. The molecule has 18 heteroatoms. The van der Waals surface area contributed by atoms with Crippen molar-refractivity contribution in [2.75, 3.05) is 62.3 Å². The van der Waals surface area contributed by atoms with Gasteiger partial charge in [0.2, 0.25) is 11.3 Å². The summed E-state index contributed by atoms with van der Waals surface area (Å²) in [7, 11) is -12.9. The lowest BCUT2D eigenvalue weighted by Gasteiger charge is -2.22. The maximum absolute atomic E-state index is 13.9. The number of amides is 1. The number of aryl methyl sites for hydroxylation is 3. The van der Waals surface area contributed by atoms with Crippen molar-refractivity contribution in [3.05, 3.63) is 161 Å². The standard InChI is InChI=1S/C62H71N3O12S3/c1-7-64(8-2)49-26-31-53-57(39-49)77-58-40-50(65(9-3)10-4)27-32-54(58)61(53)55-33-30-52(41-59(55)80(73,74)75)78(69,70)38-12-35-63-60(67)34-37-76-36-11-13-56(66)46-22-24-47(25-23-46)62(68)48(21-20-45-18-14-43(5)15-19-45)42-79(71,72)51-28-16-44(6)17-29-51/h14-19,22-33,39-41,48H,7-13,20-21,34-38,42H2,1-6H3,(H-,63,67,73,74,75)/p+1. The molecule has 15 nitrogen and oxygen atoms in total. The van der Waals surface area contributed by atoms with Gasteiger partial charge in [0.15, 0.2) is 31.2 Å². The van der Waals surface area contributed by atoms with Gasteiger partial charge in [-0.3, -0.25) is 18.9 Å². The molecular formula is C62H72N3O12S3+. The molecule has 1 unspecified atom stereocenters. The van der Waals surface area contributed by atoms with Crippen LogP contribution in [0.25, 0.3) is 33.4 Å². The van der Waals surface area contributed by atoms with Gasteiger partial charge in [-0.1, -0.05) is 77.9 Å². The van der Waals surface area contributed by atoms with E-state index in [1.807, 2.05) is 102 Å². The van der Waals surface area contributed by atoms with Crippen molar-refractivity contribution < 1.29 is 53.3 Å². The molecule has 0 spiro atoms. The summed E-state index contributed by atoms with van der Waals surface area (Å²) < 4.78 is 106. The highest BCUT2D eigenvalue weighted by Crippen LogP contribution is 2.43. The van der Waals surface area contributed by atoms with Gasteiger partial charge >= 0.3 is 0 Å². The zero-order valence-corrected chi connectivity index (χ0v) is 48.8. The van der Waals surface area contributed by atoms with E-state index in [0.717, 1.165) is 60.0 Å². The fourth-order valence-electron chi connectivity index (χ4n) is 9.84. The summed E-state index contributed by atoms with van der Waals surface area (Å²) in [6.07, 6.45) is 1.34. The molecule has 2 aliphatic rings. The maximum Gasteiger partial charge on any atom is 0.295 e. The van der Waals surface area contributed by atoms with E-state index in [9.17, 15) is 44.2 Å². The molecule has 1 heterocycles. The lowest BCUT2D eigenvalue weighted by atomic mass is 9.92. The van der Waals surface area contributed by atoms with Gasteiger partial charge in [0.25, 0.3) is 10.1 Å². The van der Waals surface area contributed by atoms with Gasteiger partial charge in [0.1, 0.15) is 29.3 Å². The number of nitrogens with zero attached hydrogens (tertiary/aromatic N) is 2. The first kappa shape index (κ1) is 60.8. The van der Waals surface area contributed by atoms with Crippen LogP contribution < -0.4 is 20.1 Å². The van der Waals surface area contributed by atoms with Crippen LogP contribution in [0.5, 0.6) is 0 Å². The van der Waals surface area contributed by atoms with Crippen molar-refractivity contribution in [1.29, 1.82) is 0 Å². The van der Waals surface area contributed by atoms with E-state index >= 15 is 0 Å². The normalized spacial score (nSPS) is 12.4. The molecule has 0 saturated carbocycles. The average Bonchev–Trinajstić information content (AvgIpc) is 3.64. The third-order valence-corrected chi connectivity index (χ3v) is 19.0. The Balaban J connectivity index is 0.907. The Kier molecular flexibility index (Phi) is 20.6. The second-order valence-corrected chi connectivity index (χ2v) is 25.5. The number of ether oxygens (including phenoxy) is 1. The molecule has 5 aromatic carbocycles. The minimum absolute atomic E-state index is 0.0112. The highest BCUT2D eigenvalue weighted by atomic mass is 32.2. The second kappa shape index (κ2) is 27.1. The fourth-order valence-corrected chi connectivity index (χ4v) is 13.6. The first-order chi connectivity index (χ1) is 38.2. The number of hydrogen-bond acceptors (Lipinski definition) is 12. The predicted octanol–water partition coefficient (Wildman–Crippen LogP) is 9.98. The molecule has 0 bridgehead atoms. The molecule has 1 aliphatic heterocycles. The maximum atomic E-state index is 13.9. The van der Waals surface area contributed by atoms with Gasteiger partial charge < -0.3 is 19.4 Å². The van der Waals surface area contributed by atoms with Crippen LogP contribution in [0.1, 0.15) is 97.2 Å². The van der Waals surface area contributed by atoms with Crippen molar-refractivity contribution in [3.8, 4) is 22.5 Å². The molecule has 0 saturated heterocycles. The number of carbonyl (C=O) groups is 3. The Morgan fingerprint density at radius 3 is 1.96 bits per heavy atom. The van der Waals surface area contributed by atoms with Crippen LogP contribution in [-0.4, -0.2) is 105 Å². The quantitative estimate of drug-likeness (QED) is 0.0154. The van der Waals surface area contributed by atoms with E-state index in [4.69, 9.17) is 9.15 Å². The van der Waals surface area contributed by atoms with E-state index in [1.165, 1.54) is 12.1 Å². The molecule has 0 fully saturated rings. The lowest BCUT2D eigenvalue weighted by molar-refractivity contribution is -0.122. The predicted molar refractivity (Wildman–Crippen MR) is 314 cm³/mol. The molecule has 1 aliphatic carbocycles. The fraction of sp³-hybridized carbons (Fsp3) is 0.355. The number of benzene rings is 6. The van der Waals surface area contributed by atoms with Gasteiger partial charge in [-0.15, -0.1) is 0 Å². The largest absolute Gasteiger partial charge is 0.456 e. The third-order valence-electron chi connectivity index (χ3n) is 14.4. The van der Waals surface area contributed by atoms with Crippen molar-refractivity contribution in [3.63, 3.8) is 0 Å². The number of sulfone groups is 2. The van der Waals surface area contributed by atoms with Crippen LogP contribution in [0.4, 0.5) is 5.69 Å². The van der Waals surface area contributed by atoms with Crippen LogP contribution in [0.3, 0.4) is 0 Å². The molecule has 1 atom stereocenters. The van der Waals surface area contributed by atoms with Crippen LogP contribution >= 0.6 is 0 Å². The van der Waals surface area contributed by atoms with Crippen LogP contribution in [0, 0.1) is 19.8 Å². The number of carbonyl (C=O) groups excluding carboxylic acids is 3. The first-order valence-corrected chi connectivity index (χ1v) is 32.0. The minimum atomic E-state index is -4.98. The molecular weight excluding hydrogens is 1070 g/mol. The Morgan fingerprint density at radius 1 is 0.675 bits per heavy atom. The zero-order valence-electron chi connectivity index (χ0n) is 46.4. The Labute approximate surface area is 470 Å². The number of anilines is 1.